The number of halogens is 2. The maximum atomic E-state index is 6.20. The Hall–Kier alpha value is -0.0900. The zero-order valence-corrected chi connectivity index (χ0v) is 14.8. The Morgan fingerprint density at radius 2 is 2.20 bits per heavy atom. The normalized spacial score (nSPS) is 24.3. The van der Waals surface area contributed by atoms with E-state index in [9.17, 15) is 0 Å². The van der Waals surface area contributed by atoms with Gasteiger partial charge in [0.15, 0.2) is 0 Å². The maximum absolute atomic E-state index is 6.20. The van der Waals surface area contributed by atoms with Crippen molar-refractivity contribution in [3.8, 4) is 0 Å². The fraction of sp³-hybridized carbons (Fsp3) is 0.625. The average Bonchev–Trinajstić information content (AvgIpc) is 2.39. The lowest BCUT2D eigenvalue weighted by Gasteiger charge is -2.40. The van der Waals surface area contributed by atoms with Crippen LogP contribution in [0.1, 0.15) is 38.3 Å². The molecule has 1 aromatic rings. The SMILES string of the molecule is CC(C)NCC1CCCN(C)C1c1cc(Cl)ccc1Br. The van der Waals surface area contributed by atoms with Gasteiger partial charge in [-0.05, 0) is 56.1 Å². The highest BCUT2D eigenvalue weighted by Crippen LogP contribution is 2.39. The van der Waals surface area contributed by atoms with E-state index in [1.807, 2.05) is 6.07 Å². The van der Waals surface area contributed by atoms with E-state index in [1.165, 1.54) is 18.4 Å². The van der Waals surface area contributed by atoms with Gasteiger partial charge in [0.05, 0.1) is 0 Å². The first kappa shape index (κ1) is 16.3. The minimum atomic E-state index is 0.433. The van der Waals surface area contributed by atoms with E-state index in [4.69, 9.17) is 11.6 Å². The number of nitrogens with one attached hydrogen (secondary N) is 1. The van der Waals surface area contributed by atoms with Gasteiger partial charge in [-0.3, -0.25) is 4.90 Å². The van der Waals surface area contributed by atoms with Crippen molar-refractivity contribution in [2.24, 2.45) is 5.92 Å². The van der Waals surface area contributed by atoms with Crippen molar-refractivity contribution < 1.29 is 0 Å². The van der Waals surface area contributed by atoms with Crippen LogP contribution in [0.4, 0.5) is 0 Å². The zero-order chi connectivity index (χ0) is 14.7. The van der Waals surface area contributed by atoms with E-state index in [0.29, 0.717) is 18.0 Å². The van der Waals surface area contributed by atoms with Crippen molar-refractivity contribution in [2.45, 2.75) is 38.8 Å². The minimum absolute atomic E-state index is 0.433. The molecule has 1 aliphatic rings. The lowest BCUT2D eigenvalue weighted by atomic mass is 9.84. The first-order chi connectivity index (χ1) is 9.49. The van der Waals surface area contributed by atoms with Gasteiger partial charge in [0.25, 0.3) is 0 Å². The number of benzene rings is 1. The molecule has 1 aromatic carbocycles. The summed E-state index contributed by atoms with van der Waals surface area (Å²) in [6, 6.07) is 7.08. The molecular formula is C16H24BrClN2. The van der Waals surface area contributed by atoms with Crippen LogP contribution < -0.4 is 5.32 Å². The molecule has 2 rings (SSSR count). The number of hydrogen-bond donors (Lipinski definition) is 1. The molecule has 0 aliphatic carbocycles. The lowest BCUT2D eigenvalue weighted by molar-refractivity contribution is 0.117. The van der Waals surface area contributed by atoms with Crippen LogP contribution in [0.2, 0.25) is 5.02 Å². The average molecular weight is 360 g/mol. The molecular weight excluding hydrogens is 336 g/mol. The molecule has 1 saturated heterocycles. The zero-order valence-electron chi connectivity index (χ0n) is 12.5. The highest BCUT2D eigenvalue weighted by Gasteiger charge is 2.31. The van der Waals surface area contributed by atoms with E-state index in [1.54, 1.807) is 0 Å². The van der Waals surface area contributed by atoms with Crippen LogP contribution in [0.3, 0.4) is 0 Å². The number of piperidine rings is 1. The van der Waals surface area contributed by atoms with Crippen LogP contribution in [0.5, 0.6) is 0 Å². The predicted octanol–water partition coefficient (Wildman–Crippen LogP) is 4.48. The number of hydrogen-bond acceptors (Lipinski definition) is 2. The van der Waals surface area contributed by atoms with Crippen molar-refractivity contribution in [1.29, 1.82) is 0 Å². The predicted molar refractivity (Wildman–Crippen MR) is 90.4 cm³/mol. The molecule has 0 radical (unpaired) electrons. The Balaban J connectivity index is 2.24. The molecule has 1 heterocycles. The van der Waals surface area contributed by atoms with Gasteiger partial charge in [0.1, 0.15) is 0 Å². The molecule has 2 atom stereocenters. The molecule has 4 heteroatoms. The Labute approximate surface area is 136 Å². The smallest absolute Gasteiger partial charge is 0.0410 e. The minimum Gasteiger partial charge on any atom is -0.314 e. The van der Waals surface area contributed by atoms with Crippen molar-refractivity contribution >= 4 is 27.5 Å². The van der Waals surface area contributed by atoms with Gasteiger partial charge in [-0.25, -0.2) is 0 Å². The summed E-state index contributed by atoms with van der Waals surface area (Å²) in [6.07, 6.45) is 2.54. The van der Waals surface area contributed by atoms with Crippen LogP contribution in [0.15, 0.2) is 22.7 Å². The molecule has 2 unspecified atom stereocenters. The summed E-state index contributed by atoms with van der Waals surface area (Å²) in [5.41, 5.74) is 1.32. The number of nitrogens with zero attached hydrogens (tertiary/aromatic N) is 1. The summed E-state index contributed by atoms with van der Waals surface area (Å²) in [4.78, 5) is 2.46. The molecule has 2 nitrogen and oxygen atoms in total. The van der Waals surface area contributed by atoms with Gasteiger partial charge >= 0.3 is 0 Å². The van der Waals surface area contributed by atoms with Crippen molar-refractivity contribution in [2.75, 3.05) is 20.1 Å². The van der Waals surface area contributed by atoms with E-state index >= 15 is 0 Å². The summed E-state index contributed by atoms with van der Waals surface area (Å²) in [7, 11) is 2.22. The van der Waals surface area contributed by atoms with Crippen LogP contribution in [0.25, 0.3) is 0 Å². The fourth-order valence-corrected chi connectivity index (χ4v) is 3.75. The molecule has 0 amide bonds. The Morgan fingerprint density at radius 3 is 2.90 bits per heavy atom. The van der Waals surface area contributed by atoms with Crippen LogP contribution in [-0.2, 0) is 0 Å². The standard InChI is InChI=1S/C16H24BrClN2/c1-11(2)19-10-12-5-4-8-20(3)16(12)14-9-13(18)6-7-15(14)17/h6-7,9,11-12,16,19H,4-5,8,10H2,1-3H3. The number of likely N-dealkylation sites (tertiary alicyclic amines) is 1. The highest BCUT2D eigenvalue weighted by molar-refractivity contribution is 9.10. The molecule has 1 fully saturated rings. The summed E-state index contributed by atoms with van der Waals surface area (Å²) in [5, 5.41) is 4.41. The van der Waals surface area contributed by atoms with Gasteiger partial charge in [0.2, 0.25) is 0 Å². The molecule has 0 bridgehead atoms. The van der Waals surface area contributed by atoms with E-state index in [0.717, 1.165) is 22.6 Å². The van der Waals surface area contributed by atoms with Gasteiger partial charge in [0, 0.05) is 28.1 Å². The first-order valence-electron chi connectivity index (χ1n) is 7.37. The molecule has 0 aromatic heterocycles. The van der Waals surface area contributed by atoms with Crippen molar-refractivity contribution in [3.05, 3.63) is 33.3 Å². The summed E-state index contributed by atoms with van der Waals surface area (Å²) < 4.78 is 1.16. The number of rotatable bonds is 4. The van der Waals surface area contributed by atoms with Crippen LogP contribution >= 0.6 is 27.5 Å². The first-order valence-corrected chi connectivity index (χ1v) is 8.54. The monoisotopic (exact) mass is 358 g/mol. The molecule has 1 N–H and O–H groups in total. The third kappa shape index (κ3) is 3.97. The second kappa shape index (κ2) is 7.26. The Morgan fingerprint density at radius 1 is 1.45 bits per heavy atom. The Bertz CT molecular complexity index is 450. The van der Waals surface area contributed by atoms with E-state index in [2.05, 4.69) is 59.2 Å². The third-order valence-corrected chi connectivity index (χ3v) is 5.03. The Kier molecular flexibility index (Phi) is 5.91. The third-order valence-electron chi connectivity index (χ3n) is 4.07. The van der Waals surface area contributed by atoms with Crippen LogP contribution in [0, 0.1) is 5.92 Å². The maximum Gasteiger partial charge on any atom is 0.0410 e. The van der Waals surface area contributed by atoms with Gasteiger partial charge < -0.3 is 5.32 Å². The summed E-state index contributed by atoms with van der Waals surface area (Å²) in [5.74, 6) is 0.630. The summed E-state index contributed by atoms with van der Waals surface area (Å²) >= 11 is 9.90. The second-order valence-electron chi connectivity index (χ2n) is 6.06. The van der Waals surface area contributed by atoms with Crippen LogP contribution in [-0.4, -0.2) is 31.1 Å². The van der Waals surface area contributed by atoms with Crippen molar-refractivity contribution in [3.63, 3.8) is 0 Å². The van der Waals surface area contributed by atoms with Gasteiger partial charge in [-0.15, -0.1) is 0 Å². The molecule has 0 saturated carbocycles. The van der Waals surface area contributed by atoms with Gasteiger partial charge in [-0.1, -0.05) is 41.4 Å². The molecule has 0 spiro atoms. The molecule has 1 aliphatic heterocycles. The van der Waals surface area contributed by atoms with Gasteiger partial charge in [-0.2, -0.15) is 0 Å². The topological polar surface area (TPSA) is 15.3 Å². The fourth-order valence-electron chi connectivity index (χ4n) is 3.09. The lowest BCUT2D eigenvalue weighted by Crippen LogP contribution is -2.42. The molecule has 20 heavy (non-hydrogen) atoms. The highest BCUT2D eigenvalue weighted by atomic mass is 79.9. The summed E-state index contributed by atoms with van der Waals surface area (Å²) in [6.45, 7) is 6.63. The van der Waals surface area contributed by atoms with Crippen molar-refractivity contribution in [1.82, 2.24) is 10.2 Å². The second-order valence-corrected chi connectivity index (χ2v) is 7.35. The largest absolute Gasteiger partial charge is 0.314 e. The molecule has 112 valence electrons. The van der Waals surface area contributed by atoms with E-state index in [-0.39, 0.29) is 0 Å². The quantitative estimate of drug-likeness (QED) is 0.852. The van der Waals surface area contributed by atoms with E-state index < -0.39 is 0 Å².